The Balaban J connectivity index is 2.58. The van der Waals surface area contributed by atoms with E-state index in [1.165, 1.54) is 5.56 Å². The summed E-state index contributed by atoms with van der Waals surface area (Å²) in [6, 6.07) is 10.3. The van der Waals surface area contributed by atoms with E-state index in [1.54, 1.807) is 14.2 Å². The minimum absolute atomic E-state index is 0.361. The summed E-state index contributed by atoms with van der Waals surface area (Å²) in [4.78, 5) is 0. The fourth-order valence-electron chi connectivity index (χ4n) is 3.25. The summed E-state index contributed by atoms with van der Waals surface area (Å²) in [5, 5.41) is 0. The first-order valence-electron chi connectivity index (χ1n) is 7.46. The third kappa shape index (κ3) is 2.72. The maximum Gasteiger partial charge on any atom is 0.197 e. The van der Waals surface area contributed by atoms with Crippen LogP contribution in [-0.2, 0) is 9.47 Å². The van der Waals surface area contributed by atoms with E-state index in [4.69, 9.17) is 9.47 Å². The third-order valence-electron chi connectivity index (χ3n) is 4.34. The third-order valence-corrected chi connectivity index (χ3v) is 4.34. The Labute approximate surface area is 133 Å². The minimum atomic E-state index is -0.812. The molecule has 2 nitrogen and oxygen atoms in total. The van der Waals surface area contributed by atoms with E-state index in [9.17, 15) is 0 Å². The molecule has 0 spiro atoms. The normalized spacial score (nSPS) is 18.5. The van der Waals surface area contributed by atoms with E-state index < -0.39 is 5.79 Å². The zero-order chi connectivity index (χ0) is 16.1. The Morgan fingerprint density at radius 1 is 1.00 bits per heavy atom. The van der Waals surface area contributed by atoms with Gasteiger partial charge in [0.05, 0.1) is 5.41 Å². The summed E-state index contributed by atoms with van der Waals surface area (Å²) in [6.45, 7) is 7.83. The molecule has 0 N–H and O–H groups in total. The van der Waals surface area contributed by atoms with Gasteiger partial charge in [-0.15, -0.1) is 13.2 Å². The first-order chi connectivity index (χ1) is 10.7. The van der Waals surface area contributed by atoms with Crippen molar-refractivity contribution in [2.24, 2.45) is 5.41 Å². The van der Waals surface area contributed by atoms with Crippen molar-refractivity contribution in [2.75, 3.05) is 14.2 Å². The van der Waals surface area contributed by atoms with E-state index in [1.807, 2.05) is 36.4 Å². The molecule has 0 amide bonds. The monoisotopic (exact) mass is 296 g/mol. The lowest BCUT2D eigenvalue weighted by Crippen LogP contribution is -2.50. The van der Waals surface area contributed by atoms with Gasteiger partial charge < -0.3 is 9.47 Å². The average molecular weight is 296 g/mol. The zero-order valence-electron chi connectivity index (χ0n) is 13.4. The van der Waals surface area contributed by atoms with Gasteiger partial charge in [0.2, 0.25) is 0 Å². The van der Waals surface area contributed by atoms with Gasteiger partial charge in [-0.05, 0) is 30.1 Å². The van der Waals surface area contributed by atoms with Crippen LogP contribution in [0.25, 0.3) is 5.57 Å². The Morgan fingerprint density at radius 2 is 1.59 bits per heavy atom. The smallest absolute Gasteiger partial charge is 0.197 e. The standard InChI is InChI=1S/C20H24O2/c1-5-13-19(14-6-2)16-18(17-10-8-7-9-11-17)12-15-20(19,21-3)22-4/h5-12,15-16H,1-2,13-14H2,3-4H3. The average Bonchev–Trinajstić information content (AvgIpc) is 2.56. The predicted octanol–water partition coefficient (Wildman–Crippen LogP) is 4.77. The summed E-state index contributed by atoms with van der Waals surface area (Å²) in [6.07, 6.45) is 11.6. The molecule has 1 aliphatic rings. The fraction of sp³-hybridized carbons (Fsp3) is 0.300. The van der Waals surface area contributed by atoms with Gasteiger partial charge in [-0.1, -0.05) is 54.6 Å². The van der Waals surface area contributed by atoms with Gasteiger partial charge in [0, 0.05) is 14.2 Å². The molecule has 0 heterocycles. The van der Waals surface area contributed by atoms with Crippen LogP contribution in [0.15, 0.2) is 73.9 Å². The first kappa shape index (κ1) is 16.5. The molecule has 116 valence electrons. The zero-order valence-corrected chi connectivity index (χ0v) is 13.4. The molecule has 0 bridgehead atoms. The molecule has 0 fully saturated rings. The lowest BCUT2D eigenvalue weighted by molar-refractivity contribution is -0.228. The van der Waals surface area contributed by atoms with Gasteiger partial charge in [-0.2, -0.15) is 0 Å². The quantitative estimate of drug-likeness (QED) is 0.533. The number of hydrogen-bond acceptors (Lipinski definition) is 2. The molecule has 2 rings (SSSR count). The van der Waals surface area contributed by atoms with E-state index in [2.05, 4.69) is 37.4 Å². The number of benzene rings is 1. The maximum absolute atomic E-state index is 5.78. The molecule has 1 aromatic rings. The summed E-state index contributed by atoms with van der Waals surface area (Å²) >= 11 is 0. The number of hydrogen-bond donors (Lipinski definition) is 0. The van der Waals surface area contributed by atoms with Crippen molar-refractivity contribution >= 4 is 5.57 Å². The Morgan fingerprint density at radius 3 is 2.09 bits per heavy atom. The molecule has 22 heavy (non-hydrogen) atoms. The second-order valence-corrected chi connectivity index (χ2v) is 5.52. The van der Waals surface area contributed by atoms with Crippen molar-refractivity contribution in [3.8, 4) is 0 Å². The second-order valence-electron chi connectivity index (χ2n) is 5.52. The van der Waals surface area contributed by atoms with Crippen molar-refractivity contribution < 1.29 is 9.47 Å². The molecule has 1 aliphatic carbocycles. The van der Waals surface area contributed by atoms with Gasteiger partial charge in [-0.25, -0.2) is 0 Å². The molecular weight excluding hydrogens is 272 g/mol. The highest BCUT2D eigenvalue weighted by Gasteiger charge is 2.49. The van der Waals surface area contributed by atoms with E-state index >= 15 is 0 Å². The van der Waals surface area contributed by atoms with Crippen LogP contribution in [0.5, 0.6) is 0 Å². The van der Waals surface area contributed by atoms with Crippen LogP contribution >= 0.6 is 0 Å². The van der Waals surface area contributed by atoms with E-state index in [-0.39, 0.29) is 5.41 Å². The number of allylic oxidation sites excluding steroid dienone is 4. The van der Waals surface area contributed by atoms with Gasteiger partial charge in [-0.3, -0.25) is 0 Å². The molecular formula is C20H24O2. The highest BCUT2D eigenvalue weighted by Crippen LogP contribution is 2.49. The van der Waals surface area contributed by atoms with Crippen LogP contribution in [0.2, 0.25) is 0 Å². The van der Waals surface area contributed by atoms with Gasteiger partial charge >= 0.3 is 0 Å². The van der Waals surface area contributed by atoms with Crippen molar-refractivity contribution in [1.82, 2.24) is 0 Å². The largest absolute Gasteiger partial charge is 0.349 e. The van der Waals surface area contributed by atoms with Crippen LogP contribution in [0.3, 0.4) is 0 Å². The molecule has 1 aromatic carbocycles. The fourth-order valence-corrected chi connectivity index (χ4v) is 3.25. The van der Waals surface area contributed by atoms with Crippen LogP contribution in [-0.4, -0.2) is 20.0 Å². The summed E-state index contributed by atoms with van der Waals surface area (Å²) in [7, 11) is 3.35. The lowest BCUT2D eigenvalue weighted by atomic mass is 9.69. The second kappa shape index (κ2) is 6.91. The maximum atomic E-state index is 5.78. The Bertz CT molecular complexity index is 567. The minimum Gasteiger partial charge on any atom is -0.349 e. The lowest BCUT2D eigenvalue weighted by Gasteiger charge is -2.46. The van der Waals surface area contributed by atoms with Gasteiger partial charge in [0.15, 0.2) is 5.79 Å². The number of methoxy groups -OCH3 is 2. The molecule has 0 saturated heterocycles. The number of rotatable bonds is 7. The van der Waals surface area contributed by atoms with Crippen LogP contribution in [0, 0.1) is 5.41 Å². The first-order valence-corrected chi connectivity index (χ1v) is 7.46. The van der Waals surface area contributed by atoms with Crippen LogP contribution < -0.4 is 0 Å². The molecule has 0 aromatic heterocycles. The highest BCUT2D eigenvalue weighted by atomic mass is 16.7. The molecule has 2 heteroatoms. The summed E-state index contributed by atoms with van der Waals surface area (Å²) in [5.41, 5.74) is 1.98. The highest BCUT2D eigenvalue weighted by molar-refractivity contribution is 5.76. The Hall–Kier alpha value is -1.90. The molecule has 0 aliphatic heterocycles. The van der Waals surface area contributed by atoms with E-state index in [0.29, 0.717) is 0 Å². The topological polar surface area (TPSA) is 18.5 Å². The summed E-state index contributed by atoms with van der Waals surface area (Å²) < 4.78 is 11.6. The van der Waals surface area contributed by atoms with Crippen molar-refractivity contribution in [3.63, 3.8) is 0 Å². The predicted molar refractivity (Wildman–Crippen MR) is 92.4 cm³/mol. The van der Waals surface area contributed by atoms with Gasteiger partial charge in [0.25, 0.3) is 0 Å². The number of ether oxygens (including phenoxy) is 2. The van der Waals surface area contributed by atoms with Crippen molar-refractivity contribution in [3.05, 3.63) is 79.4 Å². The van der Waals surface area contributed by atoms with Crippen molar-refractivity contribution in [2.45, 2.75) is 18.6 Å². The van der Waals surface area contributed by atoms with Crippen molar-refractivity contribution in [1.29, 1.82) is 0 Å². The SMILES string of the molecule is C=CCC1(CC=C)C=C(c2ccccc2)C=CC1(OC)OC. The van der Waals surface area contributed by atoms with Crippen LogP contribution in [0.4, 0.5) is 0 Å². The van der Waals surface area contributed by atoms with Gasteiger partial charge in [0.1, 0.15) is 0 Å². The molecule has 0 saturated carbocycles. The summed E-state index contributed by atoms with van der Waals surface area (Å²) in [5.74, 6) is -0.812. The molecule has 0 atom stereocenters. The van der Waals surface area contributed by atoms with Crippen LogP contribution in [0.1, 0.15) is 18.4 Å². The molecule has 0 unspecified atom stereocenters. The Kier molecular flexibility index (Phi) is 5.17. The van der Waals surface area contributed by atoms with E-state index in [0.717, 1.165) is 18.4 Å². The molecule has 0 radical (unpaired) electrons.